The van der Waals surface area contributed by atoms with Gasteiger partial charge in [0.2, 0.25) is 5.91 Å². The minimum absolute atomic E-state index is 0.0141. The van der Waals surface area contributed by atoms with Crippen LogP contribution in [0, 0.1) is 0 Å². The van der Waals surface area contributed by atoms with E-state index in [4.69, 9.17) is 0 Å². The molecule has 126 valence electrons. The predicted molar refractivity (Wildman–Crippen MR) is 91.8 cm³/mol. The Morgan fingerprint density at radius 2 is 2.25 bits per heavy atom. The van der Waals surface area contributed by atoms with E-state index in [0.717, 1.165) is 36.1 Å². The quantitative estimate of drug-likeness (QED) is 0.903. The van der Waals surface area contributed by atoms with Gasteiger partial charge in [0.05, 0.1) is 6.20 Å². The number of benzene rings is 1. The maximum Gasteiger partial charge on any atom is 0.251 e. The van der Waals surface area contributed by atoms with Crippen LogP contribution in [-0.4, -0.2) is 27.6 Å². The molecule has 0 fully saturated rings. The molecule has 24 heavy (non-hydrogen) atoms. The van der Waals surface area contributed by atoms with Crippen molar-refractivity contribution in [3.8, 4) is 0 Å². The molecule has 0 spiro atoms. The summed E-state index contributed by atoms with van der Waals surface area (Å²) in [6.07, 6.45) is 6.64. The van der Waals surface area contributed by atoms with Crippen molar-refractivity contribution in [2.75, 3.05) is 5.32 Å². The minimum Gasteiger partial charge on any atom is -0.349 e. The summed E-state index contributed by atoms with van der Waals surface area (Å²) < 4.78 is 1.75. The zero-order chi connectivity index (χ0) is 17.1. The lowest BCUT2D eigenvalue weighted by molar-refractivity contribution is -0.116. The van der Waals surface area contributed by atoms with Crippen molar-refractivity contribution in [3.63, 3.8) is 0 Å². The van der Waals surface area contributed by atoms with Gasteiger partial charge in [0.15, 0.2) is 0 Å². The third-order valence-electron chi connectivity index (χ3n) is 4.17. The van der Waals surface area contributed by atoms with Gasteiger partial charge in [-0.2, -0.15) is 5.10 Å². The molecule has 2 N–H and O–H groups in total. The first-order valence-corrected chi connectivity index (χ1v) is 8.22. The molecule has 0 radical (unpaired) electrons. The highest BCUT2D eigenvalue weighted by Crippen LogP contribution is 2.23. The Bertz CT molecular complexity index is 766. The molecule has 1 aliphatic rings. The van der Waals surface area contributed by atoms with Gasteiger partial charge < -0.3 is 10.6 Å². The minimum atomic E-state index is -0.0928. The van der Waals surface area contributed by atoms with Gasteiger partial charge in [0, 0.05) is 37.0 Å². The van der Waals surface area contributed by atoms with E-state index < -0.39 is 0 Å². The van der Waals surface area contributed by atoms with E-state index in [2.05, 4.69) is 15.7 Å². The highest BCUT2D eigenvalue weighted by Gasteiger charge is 2.16. The lowest BCUT2D eigenvalue weighted by Crippen LogP contribution is -2.34. The monoisotopic (exact) mass is 326 g/mol. The van der Waals surface area contributed by atoms with Crippen molar-refractivity contribution >= 4 is 17.5 Å². The van der Waals surface area contributed by atoms with Gasteiger partial charge in [-0.25, -0.2) is 0 Å². The number of nitrogens with one attached hydrogen (secondary N) is 2. The van der Waals surface area contributed by atoms with Crippen LogP contribution in [0.4, 0.5) is 5.69 Å². The lowest BCUT2D eigenvalue weighted by Gasteiger charge is -2.14. The Kier molecular flexibility index (Phi) is 4.64. The van der Waals surface area contributed by atoms with Crippen LogP contribution < -0.4 is 10.6 Å². The first-order valence-electron chi connectivity index (χ1n) is 8.22. The number of aryl methyl sites for hydroxylation is 2. The van der Waals surface area contributed by atoms with Gasteiger partial charge in [0.25, 0.3) is 5.91 Å². The number of nitrogens with zero attached hydrogens (tertiary/aromatic N) is 2. The fourth-order valence-corrected chi connectivity index (χ4v) is 3.00. The van der Waals surface area contributed by atoms with Crippen LogP contribution in [-0.2, 0) is 24.7 Å². The van der Waals surface area contributed by atoms with Gasteiger partial charge in [-0.1, -0.05) is 0 Å². The molecule has 0 aliphatic carbocycles. The molecule has 1 aliphatic heterocycles. The Labute approximate surface area is 141 Å². The highest BCUT2D eigenvalue weighted by atomic mass is 16.2. The largest absolute Gasteiger partial charge is 0.349 e. The van der Waals surface area contributed by atoms with E-state index in [9.17, 15) is 9.59 Å². The zero-order valence-corrected chi connectivity index (χ0v) is 14.0. The summed E-state index contributed by atoms with van der Waals surface area (Å²) in [4.78, 5) is 24.1. The number of hydrogen-bond donors (Lipinski definition) is 2. The summed E-state index contributed by atoms with van der Waals surface area (Å²) in [5, 5.41) is 10.0. The van der Waals surface area contributed by atoms with Crippen LogP contribution >= 0.6 is 0 Å². The first kappa shape index (κ1) is 16.2. The Morgan fingerprint density at radius 1 is 1.42 bits per heavy atom. The maximum atomic E-state index is 12.5. The molecule has 6 nitrogen and oxygen atoms in total. The van der Waals surface area contributed by atoms with Crippen LogP contribution in [0.1, 0.15) is 41.3 Å². The van der Waals surface area contributed by atoms with E-state index in [1.54, 1.807) is 10.7 Å². The first-order chi connectivity index (χ1) is 11.5. The van der Waals surface area contributed by atoms with Crippen LogP contribution in [0.2, 0.25) is 0 Å². The topological polar surface area (TPSA) is 76.0 Å². The molecule has 0 bridgehead atoms. The second kappa shape index (κ2) is 6.86. The molecule has 0 saturated heterocycles. The van der Waals surface area contributed by atoms with Crippen LogP contribution in [0.5, 0.6) is 0 Å². The lowest BCUT2D eigenvalue weighted by atomic mass is 10.0. The van der Waals surface area contributed by atoms with Crippen molar-refractivity contribution in [3.05, 3.63) is 47.3 Å². The van der Waals surface area contributed by atoms with Crippen LogP contribution in [0.3, 0.4) is 0 Å². The summed E-state index contributed by atoms with van der Waals surface area (Å²) in [6.45, 7) is 1.98. The SMILES string of the molecule is CC(Cc1cnn(C)c1)NC(=O)c1ccc2c(c1)CCCC(=O)N2. The molecule has 2 amide bonds. The van der Waals surface area contributed by atoms with Gasteiger partial charge in [-0.15, -0.1) is 0 Å². The van der Waals surface area contributed by atoms with E-state index in [1.165, 1.54) is 0 Å². The van der Waals surface area contributed by atoms with E-state index in [1.807, 2.05) is 38.5 Å². The third kappa shape index (κ3) is 3.82. The standard InChI is InChI=1S/C18H22N4O2/c1-12(8-13-10-19-22(2)11-13)20-18(24)15-6-7-16-14(9-15)4-3-5-17(23)21-16/h6-7,9-12H,3-5,8H2,1-2H3,(H,20,24)(H,21,23). The molecule has 1 unspecified atom stereocenters. The summed E-state index contributed by atoms with van der Waals surface area (Å²) >= 11 is 0. The molecule has 0 saturated carbocycles. The number of carbonyl (C=O) groups excluding carboxylic acids is 2. The fraction of sp³-hybridized carbons (Fsp3) is 0.389. The van der Waals surface area contributed by atoms with Gasteiger partial charge >= 0.3 is 0 Å². The summed E-state index contributed by atoms with van der Waals surface area (Å²) in [5.74, 6) is -0.0548. The number of hydrogen-bond acceptors (Lipinski definition) is 3. The van der Waals surface area contributed by atoms with Gasteiger partial charge in [0.1, 0.15) is 0 Å². The average molecular weight is 326 g/mol. The Balaban J connectivity index is 1.66. The molecule has 1 aromatic heterocycles. The molecule has 1 atom stereocenters. The average Bonchev–Trinajstić information content (AvgIpc) is 2.83. The number of aromatic nitrogens is 2. The van der Waals surface area contributed by atoms with Gasteiger partial charge in [-0.3, -0.25) is 14.3 Å². The smallest absolute Gasteiger partial charge is 0.251 e. The van der Waals surface area contributed by atoms with E-state index >= 15 is 0 Å². The highest BCUT2D eigenvalue weighted by molar-refractivity contribution is 5.97. The molecule has 2 heterocycles. The Morgan fingerprint density at radius 3 is 3.00 bits per heavy atom. The van der Waals surface area contributed by atoms with E-state index in [-0.39, 0.29) is 17.9 Å². The van der Waals surface area contributed by atoms with Crippen molar-refractivity contribution < 1.29 is 9.59 Å². The summed E-state index contributed by atoms with van der Waals surface area (Å²) in [7, 11) is 1.88. The molecular weight excluding hydrogens is 304 g/mol. The van der Waals surface area contributed by atoms with Crippen LogP contribution in [0.15, 0.2) is 30.6 Å². The molecule has 6 heteroatoms. The zero-order valence-electron chi connectivity index (χ0n) is 14.0. The van der Waals surface area contributed by atoms with Crippen LogP contribution in [0.25, 0.3) is 0 Å². The van der Waals surface area contributed by atoms with Crippen molar-refractivity contribution in [1.29, 1.82) is 0 Å². The Hall–Kier alpha value is -2.63. The number of fused-ring (bicyclic) bond motifs is 1. The second-order valence-electron chi connectivity index (χ2n) is 6.37. The van der Waals surface area contributed by atoms with Gasteiger partial charge in [-0.05, 0) is 55.5 Å². The number of carbonyl (C=O) groups is 2. The van der Waals surface area contributed by atoms with E-state index in [0.29, 0.717) is 12.0 Å². The number of anilines is 1. The molecule has 1 aromatic carbocycles. The van der Waals surface area contributed by atoms with Crippen molar-refractivity contribution in [2.45, 2.75) is 38.6 Å². The molecule has 3 rings (SSSR count). The van der Waals surface area contributed by atoms with Crippen molar-refractivity contribution in [2.24, 2.45) is 7.05 Å². The number of amides is 2. The van der Waals surface area contributed by atoms with Crippen molar-refractivity contribution in [1.82, 2.24) is 15.1 Å². The fourth-order valence-electron chi connectivity index (χ4n) is 3.00. The normalized spacial score (nSPS) is 15.2. The molecule has 2 aromatic rings. The predicted octanol–water partition coefficient (Wildman–Crippen LogP) is 2.06. The second-order valence-corrected chi connectivity index (χ2v) is 6.37. The third-order valence-corrected chi connectivity index (χ3v) is 4.17. The molecular formula is C18H22N4O2. The summed E-state index contributed by atoms with van der Waals surface area (Å²) in [6, 6.07) is 5.48. The number of rotatable bonds is 4. The maximum absolute atomic E-state index is 12.5. The summed E-state index contributed by atoms with van der Waals surface area (Å²) in [5.41, 5.74) is 3.56.